The summed E-state index contributed by atoms with van der Waals surface area (Å²) in [6.45, 7) is 3.76. The maximum absolute atomic E-state index is 12.9. The van der Waals surface area contributed by atoms with E-state index in [4.69, 9.17) is 16.6 Å². The van der Waals surface area contributed by atoms with E-state index in [0.29, 0.717) is 22.8 Å². The maximum Gasteiger partial charge on any atom is 0.255 e. The second-order valence-corrected chi connectivity index (χ2v) is 7.66. The van der Waals surface area contributed by atoms with Gasteiger partial charge < -0.3 is 10.2 Å². The third kappa shape index (κ3) is 3.08. The molecule has 0 unspecified atom stereocenters. The molecule has 3 aromatic heterocycles. The van der Waals surface area contributed by atoms with Gasteiger partial charge in [0.1, 0.15) is 5.65 Å². The van der Waals surface area contributed by atoms with Crippen molar-refractivity contribution in [1.82, 2.24) is 24.6 Å². The molecule has 1 amide bonds. The van der Waals surface area contributed by atoms with Crippen LogP contribution in [0.5, 0.6) is 0 Å². The van der Waals surface area contributed by atoms with Crippen LogP contribution in [0.15, 0.2) is 42.7 Å². The first-order valence-corrected chi connectivity index (χ1v) is 9.93. The van der Waals surface area contributed by atoms with Crippen molar-refractivity contribution in [3.63, 3.8) is 0 Å². The van der Waals surface area contributed by atoms with Crippen LogP contribution in [0.25, 0.3) is 27.6 Å². The monoisotopic (exact) mass is 393 g/mol. The number of nitrogens with zero attached hydrogens (tertiary/aromatic N) is 4. The number of hydrogen-bond donors (Lipinski definition) is 1. The van der Waals surface area contributed by atoms with E-state index in [1.54, 1.807) is 6.20 Å². The van der Waals surface area contributed by atoms with Gasteiger partial charge in [0.05, 0.1) is 11.1 Å². The maximum atomic E-state index is 12.9. The van der Waals surface area contributed by atoms with Crippen LogP contribution in [0.1, 0.15) is 23.2 Å². The van der Waals surface area contributed by atoms with E-state index in [1.807, 2.05) is 40.9 Å². The van der Waals surface area contributed by atoms with Crippen LogP contribution >= 0.6 is 11.6 Å². The first kappa shape index (κ1) is 17.4. The molecular formula is C21H20ClN5O. The third-order valence-electron chi connectivity index (χ3n) is 5.35. The minimum Gasteiger partial charge on any atom is -0.351 e. The van der Waals surface area contributed by atoms with E-state index in [2.05, 4.69) is 15.2 Å². The predicted octanol–water partition coefficient (Wildman–Crippen LogP) is 3.51. The molecule has 5 rings (SSSR count). The van der Waals surface area contributed by atoms with E-state index in [9.17, 15) is 4.79 Å². The molecule has 1 fully saturated rings. The van der Waals surface area contributed by atoms with Gasteiger partial charge in [-0.25, -0.2) is 9.97 Å². The molecule has 1 aliphatic heterocycles. The highest BCUT2D eigenvalue weighted by Crippen LogP contribution is 2.25. The average Bonchev–Trinajstić information content (AvgIpc) is 3.37. The summed E-state index contributed by atoms with van der Waals surface area (Å²) >= 11 is 6.13. The Bertz CT molecular complexity index is 1200. The highest BCUT2D eigenvalue weighted by molar-refractivity contribution is 6.31. The van der Waals surface area contributed by atoms with Crippen molar-refractivity contribution in [3.05, 3.63) is 53.3 Å². The summed E-state index contributed by atoms with van der Waals surface area (Å²) in [6, 6.07) is 9.51. The normalized spacial score (nSPS) is 15.0. The smallest absolute Gasteiger partial charge is 0.255 e. The van der Waals surface area contributed by atoms with Gasteiger partial charge >= 0.3 is 0 Å². The van der Waals surface area contributed by atoms with Crippen LogP contribution in [-0.4, -0.2) is 51.4 Å². The predicted molar refractivity (Wildman–Crippen MR) is 111 cm³/mol. The first-order chi connectivity index (χ1) is 13.7. The number of rotatable bonds is 4. The highest BCUT2D eigenvalue weighted by atomic mass is 35.5. The molecule has 28 heavy (non-hydrogen) atoms. The second kappa shape index (κ2) is 7.04. The van der Waals surface area contributed by atoms with Crippen molar-refractivity contribution >= 4 is 45.1 Å². The number of amides is 1. The lowest BCUT2D eigenvalue weighted by molar-refractivity contribution is 0.0951. The van der Waals surface area contributed by atoms with Crippen LogP contribution in [0, 0.1) is 0 Å². The van der Waals surface area contributed by atoms with Crippen LogP contribution in [0.3, 0.4) is 0 Å². The highest BCUT2D eigenvalue weighted by Gasteiger charge is 2.17. The number of nitrogens with one attached hydrogen (secondary N) is 1. The van der Waals surface area contributed by atoms with Gasteiger partial charge in [-0.1, -0.05) is 11.6 Å². The van der Waals surface area contributed by atoms with Crippen molar-refractivity contribution in [2.75, 3.05) is 26.2 Å². The van der Waals surface area contributed by atoms with Gasteiger partial charge in [0.15, 0.2) is 5.65 Å². The Balaban J connectivity index is 1.52. The number of halogens is 1. The molecule has 0 saturated carbocycles. The number of hydrogen-bond acceptors (Lipinski definition) is 4. The van der Waals surface area contributed by atoms with Gasteiger partial charge in [0.2, 0.25) is 0 Å². The summed E-state index contributed by atoms with van der Waals surface area (Å²) in [7, 11) is 0. The molecule has 1 N–H and O–H groups in total. The van der Waals surface area contributed by atoms with Crippen molar-refractivity contribution in [2.24, 2.45) is 0 Å². The van der Waals surface area contributed by atoms with Gasteiger partial charge in [-0.15, -0.1) is 0 Å². The van der Waals surface area contributed by atoms with Gasteiger partial charge in [0, 0.05) is 41.3 Å². The number of benzene rings is 1. The van der Waals surface area contributed by atoms with E-state index in [-0.39, 0.29) is 5.91 Å². The minimum atomic E-state index is -0.108. The molecule has 0 atom stereocenters. The Morgan fingerprint density at radius 3 is 2.82 bits per heavy atom. The third-order valence-corrected chi connectivity index (χ3v) is 5.59. The standard InChI is InChI=1S/C21H20ClN5O/c22-16-3-4-18-14(12-16)11-15-13-17(20-23-6-10-27(20)19(15)25-18)21(28)24-5-9-26-7-1-2-8-26/h3-4,6,10-13H,1-2,5,7-9H2,(H,24,28). The van der Waals surface area contributed by atoms with Crippen molar-refractivity contribution < 1.29 is 4.79 Å². The fourth-order valence-electron chi connectivity index (χ4n) is 3.94. The largest absolute Gasteiger partial charge is 0.351 e. The lowest BCUT2D eigenvalue weighted by Crippen LogP contribution is -2.33. The zero-order chi connectivity index (χ0) is 19.1. The summed E-state index contributed by atoms with van der Waals surface area (Å²) in [6.07, 6.45) is 6.04. The molecule has 0 bridgehead atoms. The molecular weight excluding hydrogens is 374 g/mol. The second-order valence-electron chi connectivity index (χ2n) is 7.22. The van der Waals surface area contributed by atoms with Crippen molar-refractivity contribution in [2.45, 2.75) is 12.8 Å². The molecule has 7 heteroatoms. The van der Waals surface area contributed by atoms with Crippen LogP contribution in [0.2, 0.25) is 5.02 Å². The number of likely N-dealkylation sites (tertiary alicyclic amines) is 1. The summed E-state index contributed by atoms with van der Waals surface area (Å²) < 4.78 is 1.87. The molecule has 1 aliphatic rings. The minimum absolute atomic E-state index is 0.108. The lowest BCUT2D eigenvalue weighted by atomic mass is 10.1. The number of carbonyl (C=O) groups is 1. The van der Waals surface area contributed by atoms with Gasteiger partial charge in [-0.3, -0.25) is 9.20 Å². The number of aromatic nitrogens is 3. The Hall–Kier alpha value is -2.70. The molecule has 4 aromatic rings. The number of fused-ring (bicyclic) bond motifs is 4. The van der Waals surface area contributed by atoms with Gasteiger partial charge in [0.25, 0.3) is 5.91 Å². The zero-order valence-electron chi connectivity index (χ0n) is 15.4. The van der Waals surface area contributed by atoms with Gasteiger partial charge in [-0.2, -0.15) is 0 Å². The van der Waals surface area contributed by atoms with Crippen LogP contribution in [0.4, 0.5) is 0 Å². The molecule has 6 nitrogen and oxygen atoms in total. The lowest BCUT2D eigenvalue weighted by Gasteiger charge is -2.15. The number of carbonyl (C=O) groups excluding carboxylic acids is 1. The molecule has 1 saturated heterocycles. The van der Waals surface area contributed by atoms with Crippen LogP contribution in [-0.2, 0) is 0 Å². The van der Waals surface area contributed by atoms with Crippen molar-refractivity contribution in [3.8, 4) is 0 Å². The fraction of sp³-hybridized carbons (Fsp3) is 0.286. The average molecular weight is 394 g/mol. The molecule has 4 heterocycles. The molecule has 142 valence electrons. The van der Waals surface area contributed by atoms with E-state index in [0.717, 1.165) is 41.6 Å². The number of pyridine rings is 2. The Morgan fingerprint density at radius 2 is 1.96 bits per heavy atom. The number of imidazole rings is 1. The molecule has 0 aliphatic carbocycles. The first-order valence-electron chi connectivity index (χ1n) is 9.56. The zero-order valence-corrected chi connectivity index (χ0v) is 16.1. The SMILES string of the molecule is O=C(NCCN1CCCC1)c1cc2cc3cc(Cl)ccc3nc2n2ccnc12. The topological polar surface area (TPSA) is 62.5 Å². The van der Waals surface area contributed by atoms with Crippen molar-refractivity contribution in [1.29, 1.82) is 0 Å². The summed E-state index contributed by atoms with van der Waals surface area (Å²) in [4.78, 5) is 24.4. The molecule has 1 aromatic carbocycles. The Labute approximate surface area is 167 Å². The summed E-state index contributed by atoms with van der Waals surface area (Å²) in [5, 5.41) is 5.53. The fourth-order valence-corrected chi connectivity index (χ4v) is 4.12. The Kier molecular flexibility index (Phi) is 4.37. The van der Waals surface area contributed by atoms with E-state index < -0.39 is 0 Å². The van der Waals surface area contributed by atoms with E-state index in [1.165, 1.54) is 12.8 Å². The van der Waals surface area contributed by atoms with Crippen LogP contribution < -0.4 is 5.32 Å². The quantitative estimate of drug-likeness (QED) is 0.539. The summed E-state index contributed by atoms with van der Waals surface area (Å²) in [5.41, 5.74) is 2.81. The molecule has 0 radical (unpaired) electrons. The van der Waals surface area contributed by atoms with E-state index >= 15 is 0 Å². The molecule has 0 spiro atoms. The van der Waals surface area contributed by atoms with Gasteiger partial charge in [-0.05, 0) is 56.3 Å². The Morgan fingerprint density at radius 1 is 1.11 bits per heavy atom. The summed E-state index contributed by atoms with van der Waals surface area (Å²) in [5.74, 6) is -0.108.